The highest BCUT2D eigenvalue weighted by Gasteiger charge is 2.10. The Bertz CT molecular complexity index is 510. The fraction of sp³-hybridized carbons (Fsp3) is 0.250. The average Bonchev–Trinajstić information content (AvgIpc) is 2.80. The highest BCUT2D eigenvalue weighted by atomic mass is 19.1. The van der Waals surface area contributed by atoms with Crippen LogP contribution >= 0.6 is 0 Å². The molecule has 17 heavy (non-hydrogen) atoms. The Kier molecular flexibility index (Phi) is 3.39. The van der Waals surface area contributed by atoms with Gasteiger partial charge in [-0.15, -0.1) is 0 Å². The number of hydrogen-bond donors (Lipinski definition) is 2. The number of nitrogens with one attached hydrogen (secondary N) is 1. The van der Waals surface area contributed by atoms with Crippen molar-refractivity contribution in [2.75, 3.05) is 6.61 Å². The molecule has 1 heterocycles. The van der Waals surface area contributed by atoms with Crippen LogP contribution in [0.3, 0.4) is 0 Å². The van der Waals surface area contributed by atoms with Crippen molar-refractivity contribution >= 4 is 0 Å². The molecule has 0 spiro atoms. The number of halogens is 1. The molecule has 0 saturated heterocycles. The molecule has 0 aliphatic rings. The third-order valence-electron chi connectivity index (χ3n) is 2.38. The van der Waals surface area contributed by atoms with Crippen molar-refractivity contribution in [1.82, 2.24) is 10.2 Å². The number of ether oxygens (including phenoxy) is 1. The molecular formula is C12H14FN3O. The Morgan fingerprint density at radius 3 is 2.88 bits per heavy atom. The van der Waals surface area contributed by atoms with E-state index in [1.165, 1.54) is 6.07 Å². The fourth-order valence-corrected chi connectivity index (χ4v) is 1.56. The minimum atomic E-state index is -0.330. The van der Waals surface area contributed by atoms with Gasteiger partial charge < -0.3 is 10.5 Å². The van der Waals surface area contributed by atoms with Crippen molar-refractivity contribution in [3.63, 3.8) is 0 Å². The van der Waals surface area contributed by atoms with E-state index in [1.54, 1.807) is 18.2 Å². The highest BCUT2D eigenvalue weighted by Crippen LogP contribution is 2.26. The lowest BCUT2D eigenvalue weighted by Gasteiger charge is -2.05. The number of benzene rings is 1. The van der Waals surface area contributed by atoms with E-state index in [2.05, 4.69) is 10.2 Å². The Morgan fingerprint density at radius 2 is 2.24 bits per heavy atom. The molecule has 90 valence electrons. The Labute approximate surface area is 98.6 Å². The second-order valence-electron chi connectivity index (χ2n) is 3.56. The Morgan fingerprint density at radius 1 is 1.41 bits per heavy atom. The maximum atomic E-state index is 13.7. The van der Waals surface area contributed by atoms with Crippen LogP contribution < -0.4 is 10.5 Å². The van der Waals surface area contributed by atoms with E-state index in [-0.39, 0.29) is 5.82 Å². The number of nitrogens with zero attached hydrogens (tertiary/aromatic N) is 1. The maximum Gasteiger partial charge on any atom is 0.132 e. The first-order chi connectivity index (χ1) is 8.24. The lowest BCUT2D eigenvalue weighted by molar-refractivity contribution is 0.340. The van der Waals surface area contributed by atoms with Crippen molar-refractivity contribution in [2.24, 2.45) is 5.73 Å². The molecule has 3 N–H and O–H groups in total. The number of aromatic amines is 1. The topological polar surface area (TPSA) is 63.9 Å². The van der Waals surface area contributed by atoms with E-state index in [9.17, 15) is 4.39 Å². The summed E-state index contributed by atoms with van der Waals surface area (Å²) in [5.41, 5.74) is 7.17. The number of H-pyrrole nitrogens is 1. The van der Waals surface area contributed by atoms with Crippen LogP contribution in [-0.2, 0) is 6.54 Å². The average molecular weight is 235 g/mol. The summed E-state index contributed by atoms with van der Waals surface area (Å²) in [5.74, 6) is 0.296. The van der Waals surface area contributed by atoms with E-state index >= 15 is 0 Å². The van der Waals surface area contributed by atoms with Crippen LogP contribution in [-0.4, -0.2) is 16.8 Å². The Hall–Kier alpha value is -1.88. The zero-order valence-corrected chi connectivity index (χ0v) is 9.53. The molecule has 1 aromatic carbocycles. The molecular weight excluding hydrogens is 221 g/mol. The van der Waals surface area contributed by atoms with Gasteiger partial charge in [-0.3, -0.25) is 5.10 Å². The summed E-state index contributed by atoms with van der Waals surface area (Å²) in [6, 6.07) is 6.33. The molecule has 2 aromatic rings. The van der Waals surface area contributed by atoms with Gasteiger partial charge in [0.15, 0.2) is 0 Å². The van der Waals surface area contributed by atoms with Gasteiger partial charge in [0.2, 0.25) is 0 Å². The van der Waals surface area contributed by atoms with E-state index in [1.807, 2.05) is 6.92 Å². The predicted octanol–water partition coefficient (Wildman–Crippen LogP) is 2.07. The normalized spacial score (nSPS) is 10.5. The molecule has 0 aliphatic carbocycles. The van der Waals surface area contributed by atoms with Crippen LogP contribution in [0.2, 0.25) is 0 Å². The van der Waals surface area contributed by atoms with Gasteiger partial charge in [-0.1, -0.05) is 0 Å². The molecule has 0 radical (unpaired) electrons. The molecule has 1 aromatic heterocycles. The van der Waals surface area contributed by atoms with Gasteiger partial charge in [0.05, 0.1) is 12.3 Å². The van der Waals surface area contributed by atoms with Gasteiger partial charge in [-0.2, -0.15) is 5.10 Å². The van der Waals surface area contributed by atoms with Gasteiger partial charge in [-0.05, 0) is 31.2 Å². The molecule has 5 heteroatoms. The standard InChI is InChI=1S/C12H14FN3O/c1-2-17-9-3-4-11(13)10(6-9)12-5-8(7-14)15-16-12/h3-6H,2,7,14H2,1H3,(H,15,16). The third-order valence-corrected chi connectivity index (χ3v) is 2.38. The van der Waals surface area contributed by atoms with E-state index in [0.29, 0.717) is 30.2 Å². The third kappa shape index (κ3) is 2.45. The lowest BCUT2D eigenvalue weighted by atomic mass is 10.1. The monoisotopic (exact) mass is 235 g/mol. The summed E-state index contributed by atoms with van der Waals surface area (Å²) < 4.78 is 19.0. The van der Waals surface area contributed by atoms with Gasteiger partial charge >= 0.3 is 0 Å². The van der Waals surface area contributed by atoms with Gasteiger partial charge in [0.1, 0.15) is 11.6 Å². The second kappa shape index (κ2) is 4.97. The fourth-order valence-electron chi connectivity index (χ4n) is 1.56. The predicted molar refractivity (Wildman–Crippen MR) is 63.0 cm³/mol. The van der Waals surface area contributed by atoms with Crippen molar-refractivity contribution < 1.29 is 9.13 Å². The van der Waals surface area contributed by atoms with Crippen molar-refractivity contribution in [3.8, 4) is 17.0 Å². The zero-order chi connectivity index (χ0) is 12.3. The number of aromatic nitrogens is 2. The largest absolute Gasteiger partial charge is 0.494 e. The lowest BCUT2D eigenvalue weighted by Crippen LogP contribution is -1.95. The SMILES string of the molecule is CCOc1ccc(F)c(-c2cc(CN)[nH]n2)c1. The van der Waals surface area contributed by atoms with Crippen LogP contribution in [0.15, 0.2) is 24.3 Å². The molecule has 0 fully saturated rings. The summed E-state index contributed by atoms with van der Waals surface area (Å²) in [6.45, 7) is 2.77. The number of rotatable bonds is 4. The van der Waals surface area contributed by atoms with Gasteiger partial charge in [-0.25, -0.2) is 4.39 Å². The van der Waals surface area contributed by atoms with E-state index in [4.69, 9.17) is 10.5 Å². The highest BCUT2D eigenvalue weighted by molar-refractivity contribution is 5.62. The van der Waals surface area contributed by atoms with Crippen molar-refractivity contribution in [2.45, 2.75) is 13.5 Å². The molecule has 0 bridgehead atoms. The quantitative estimate of drug-likeness (QED) is 0.852. The smallest absolute Gasteiger partial charge is 0.132 e. The van der Waals surface area contributed by atoms with Crippen LogP contribution in [0.25, 0.3) is 11.3 Å². The molecule has 0 aliphatic heterocycles. The molecule has 0 atom stereocenters. The molecule has 0 unspecified atom stereocenters. The summed E-state index contributed by atoms with van der Waals surface area (Å²) in [5, 5.41) is 6.77. The Balaban J connectivity index is 2.39. The first-order valence-corrected chi connectivity index (χ1v) is 5.41. The number of hydrogen-bond acceptors (Lipinski definition) is 3. The van der Waals surface area contributed by atoms with Crippen molar-refractivity contribution in [3.05, 3.63) is 35.8 Å². The van der Waals surface area contributed by atoms with Crippen LogP contribution in [0, 0.1) is 5.82 Å². The van der Waals surface area contributed by atoms with Gasteiger partial charge in [0, 0.05) is 17.8 Å². The number of nitrogens with two attached hydrogens (primary N) is 1. The minimum Gasteiger partial charge on any atom is -0.494 e. The van der Waals surface area contributed by atoms with Crippen LogP contribution in [0.4, 0.5) is 4.39 Å². The van der Waals surface area contributed by atoms with E-state index < -0.39 is 0 Å². The van der Waals surface area contributed by atoms with Crippen LogP contribution in [0.5, 0.6) is 5.75 Å². The first kappa shape index (κ1) is 11.6. The molecule has 2 rings (SSSR count). The summed E-state index contributed by atoms with van der Waals surface area (Å²) in [7, 11) is 0. The second-order valence-corrected chi connectivity index (χ2v) is 3.56. The first-order valence-electron chi connectivity index (χ1n) is 5.41. The maximum absolute atomic E-state index is 13.7. The molecule has 0 amide bonds. The summed E-state index contributed by atoms with van der Waals surface area (Å²) >= 11 is 0. The van der Waals surface area contributed by atoms with Crippen molar-refractivity contribution in [1.29, 1.82) is 0 Å². The zero-order valence-electron chi connectivity index (χ0n) is 9.53. The van der Waals surface area contributed by atoms with E-state index in [0.717, 1.165) is 5.69 Å². The molecule has 0 saturated carbocycles. The molecule has 4 nitrogen and oxygen atoms in total. The summed E-state index contributed by atoms with van der Waals surface area (Å²) in [6.07, 6.45) is 0. The minimum absolute atomic E-state index is 0.330. The van der Waals surface area contributed by atoms with Crippen LogP contribution in [0.1, 0.15) is 12.6 Å². The van der Waals surface area contributed by atoms with Gasteiger partial charge in [0.25, 0.3) is 0 Å². The summed E-state index contributed by atoms with van der Waals surface area (Å²) in [4.78, 5) is 0.